The van der Waals surface area contributed by atoms with Crippen LogP contribution in [0, 0.1) is 0 Å². The topological polar surface area (TPSA) is 25.8 Å². The molecule has 0 unspecified atom stereocenters. The number of rotatable bonds is 4. The first-order chi connectivity index (χ1) is 7.64. The summed E-state index contributed by atoms with van der Waals surface area (Å²) in [6.45, 7) is 8.72. The van der Waals surface area contributed by atoms with Crippen LogP contribution in [0.15, 0.2) is 18.5 Å². The molecule has 92 valence electrons. The van der Waals surface area contributed by atoms with E-state index in [1.807, 2.05) is 30.2 Å². The molecule has 0 saturated carbocycles. The molecule has 0 spiro atoms. The van der Waals surface area contributed by atoms with Gasteiger partial charge in [-0.05, 0) is 30.9 Å². The van der Waals surface area contributed by atoms with E-state index in [0.29, 0.717) is 0 Å². The number of hydrogen-bond acceptors (Lipinski definition) is 3. The van der Waals surface area contributed by atoms with Gasteiger partial charge in [0.15, 0.2) is 0 Å². The number of hydrogen-bond donors (Lipinski definition) is 0. The van der Waals surface area contributed by atoms with E-state index >= 15 is 0 Å². The highest BCUT2D eigenvalue weighted by Crippen LogP contribution is 2.27. The Bertz CT molecular complexity index is 256. The lowest BCUT2D eigenvalue weighted by Crippen LogP contribution is -2.22. The first kappa shape index (κ1) is 15.4. The van der Waals surface area contributed by atoms with Crippen molar-refractivity contribution >= 4 is 11.8 Å². The molecule has 2 nitrogen and oxygen atoms in total. The minimum atomic E-state index is 0.154. The van der Waals surface area contributed by atoms with Crippen molar-refractivity contribution in [1.29, 1.82) is 0 Å². The molecule has 0 aromatic carbocycles. The molecule has 0 bridgehead atoms. The molecule has 3 heteroatoms. The van der Waals surface area contributed by atoms with Gasteiger partial charge >= 0.3 is 0 Å². The highest BCUT2D eigenvalue weighted by molar-refractivity contribution is 7.98. The van der Waals surface area contributed by atoms with Gasteiger partial charge in [-0.3, -0.25) is 0 Å². The first-order valence-electron chi connectivity index (χ1n) is 5.91. The summed E-state index contributed by atoms with van der Waals surface area (Å²) in [6, 6.07) is 1.86. The standard InChI is InChI=1S/C10H16N2.C3H8S/c1-4-10(3,5-2)9-11-7-6-8-12-9;1-3-4-2/h6-8H,4-5H2,1-3H3;3H2,1-2H3. The predicted octanol–water partition coefficient (Wildman–Crippen LogP) is 3.92. The van der Waals surface area contributed by atoms with Crippen LogP contribution in [0.5, 0.6) is 0 Å². The Balaban J connectivity index is 0.000000487. The third-order valence-electron chi connectivity index (χ3n) is 2.95. The van der Waals surface area contributed by atoms with Crippen LogP contribution >= 0.6 is 11.8 Å². The van der Waals surface area contributed by atoms with Gasteiger partial charge < -0.3 is 0 Å². The minimum Gasteiger partial charge on any atom is -0.241 e. The summed E-state index contributed by atoms with van der Waals surface area (Å²) in [5.74, 6) is 2.20. The summed E-state index contributed by atoms with van der Waals surface area (Å²) in [4.78, 5) is 8.56. The summed E-state index contributed by atoms with van der Waals surface area (Å²) in [6.07, 6.45) is 7.90. The second-order valence-electron chi connectivity index (χ2n) is 3.92. The lowest BCUT2D eigenvalue weighted by atomic mass is 9.84. The molecule has 0 aliphatic rings. The summed E-state index contributed by atoms with van der Waals surface area (Å²) in [5, 5.41) is 0. The zero-order valence-corrected chi connectivity index (χ0v) is 12.0. The molecule has 0 aliphatic heterocycles. The monoisotopic (exact) mass is 240 g/mol. The Morgan fingerprint density at radius 1 is 1.12 bits per heavy atom. The molecule has 1 rings (SSSR count). The van der Waals surface area contributed by atoms with Crippen molar-refractivity contribution in [2.45, 2.75) is 46.0 Å². The van der Waals surface area contributed by atoms with Crippen molar-refractivity contribution in [2.75, 3.05) is 12.0 Å². The fourth-order valence-corrected chi connectivity index (χ4v) is 1.18. The average molecular weight is 240 g/mol. The van der Waals surface area contributed by atoms with Crippen molar-refractivity contribution in [3.05, 3.63) is 24.3 Å². The molecule has 0 atom stereocenters. The maximum Gasteiger partial charge on any atom is 0.134 e. The van der Waals surface area contributed by atoms with Crippen molar-refractivity contribution in [3.63, 3.8) is 0 Å². The molecular formula is C13H24N2S. The van der Waals surface area contributed by atoms with E-state index in [9.17, 15) is 0 Å². The van der Waals surface area contributed by atoms with Gasteiger partial charge in [0.05, 0.1) is 0 Å². The van der Waals surface area contributed by atoms with Crippen LogP contribution in [0.3, 0.4) is 0 Å². The van der Waals surface area contributed by atoms with Gasteiger partial charge in [-0.15, -0.1) is 0 Å². The van der Waals surface area contributed by atoms with E-state index in [4.69, 9.17) is 0 Å². The lowest BCUT2D eigenvalue weighted by molar-refractivity contribution is 0.411. The maximum atomic E-state index is 4.28. The third-order valence-corrected chi connectivity index (χ3v) is 3.53. The Hall–Kier alpha value is -0.570. The average Bonchev–Trinajstić information content (AvgIpc) is 2.39. The van der Waals surface area contributed by atoms with Gasteiger partial charge in [-0.1, -0.05) is 27.7 Å². The fraction of sp³-hybridized carbons (Fsp3) is 0.692. The third kappa shape index (κ3) is 4.97. The van der Waals surface area contributed by atoms with Crippen LogP contribution in [0.25, 0.3) is 0 Å². The van der Waals surface area contributed by atoms with Gasteiger partial charge in [-0.25, -0.2) is 9.97 Å². The molecule has 1 aromatic heterocycles. The van der Waals surface area contributed by atoms with Crippen LogP contribution in [-0.4, -0.2) is 22.0 Å². The molecular weight excluding hydrogens is 216 g/mol. The zero-order chi connectivity index (χ0) is 12.4. The molecule has 0 radical (unpaired) electrons. The Morgan fingerprint density at radius 2 is 1.56 bits per heavy atom. The Labute approximate surface area is 104 Å². The van der Waals surface area contributed by atoms with Gasteiger partial charge in [0.1, 0.15) is 5.82 Å². The summed E-state index contributed by atoms with van der Waals surface area (Å²) in [7, 11) is 0. The largest absolute Gasteiger partial charge is 0.241 e. The highest BCUT2D eigenvalue weighted by atomic mass is 32.2. The molecule has 0 saturated heterocycles. The minimum absolute atomic E-state index is 0.154. The SMILES string of the molecule is CCC(C)(CC)c1ncccn1.CCSC. The van der Waals surface area contributed by atoms with Gasteiger partial charge in [0.2, 0.25) is 0 Å². The normalized spacial score (nSPS) is 10.6. The van der Waals surface area contributed by atoms with Gasteiger partial charge in [0, 0.05) is 17.8 Å². The first-order valence-corrected chi connectivity index (χ1v) is 7.30. The zero-order valence-electron chi connectivity index (χ0n) is 11.2. The number of thioether (sulfide) groups is 1. The van der Waals surface area contributed by atoms with E-state index in [1.165, 1.54) is 5.75 Å². The molecule has 0 aliphatic carbocycles. The molecule has 0 fully saturated rings. The van der Waals surface area contributed by atoms with Crippen molar-refractivity contribution < 1.29 is 0 Å². The molecule has 0 N–H and O–H groups in total. The number of nitrogens with zero attached hydrogens (tertiary/aromatic N) is 2. The van der Waals surface area contributed by atoms with Crippen molar-refractivity contribution in [1.82, 2.24) is 9.97 Å². The van der Waals surface area contributed by atoms with Crippen LogP contribution < -0.4 is 0 Å². The van der Waals surface area contributed by atoms with E-state index < -0.39 is 0 Å². The van der Waals surface area contributed by atoms with Crippen LogP contribution in [-0.2, 0) is 5.41 Å². The predicted molar refractivity (Wildman–Crippen MR) is 74.0 cm³/mol. The smallest absolute Gasteiger partial charge is 0.134 e. The molecule has 16 heavy (non-hydrogen) atoms. The summed E-state index contributed by atoms with van der Waals surface area (Å²) in [5.41, 5.74) is 0.154. The second kappa shape index (κ2) is 8.57. The molecule has 1 aromatic rings. The highest BCUT2D eigenvalue weighted by Gasteiger charge is 2.24. The van der Waals surface area contributed by atoms with Crippen LogP contribution in [0.4, 0.5) is 0 Å². The van der Waals surface area contributed by atoms with Crippen LogP contribution in [0.2, 0.25) is 0 Å². The van der Waals surface area contributed by atoms with Crippen LogP contribution in [0.1, 0.15) is 46.4 Å². The van der Waals surface area contributed by atoms with Crippen molar-refractivity contribution in [3.8, 4) is 0 Å². The van der Waals surface area contributed by atoms with E-state index in [2.05, 4.69) is 43.9 Å². The summed E-state index contributed by atoms with van der Waals surface area (Å²) >= 11 is 1.86. The van der Waals surface area contributed by atoms with E-state index in [-0.39, 0.29) is 5.41 Å². The van der Waals surface area contributed by atoms with Crippen molar-refractivity contribution in [2.24, 2.45) is 0 Å². The van der Waals surface area contributed by atoms with Gasteiger partial charge in [-0.2, -0.15) is 11.8 Å². The fourth-order valence-electron chi connectivity index (χ4n) is 1.18. The van der Waals surface area contributed by atoms with Gasteiger partial charge in [0.25, 0.3) is 0 Å². The second-order valence-corrected chi connectivity index (χ2v) is 5.07. The Kier molecular flexibility index (Phi) is 8.26. The quantitative estimate of drug-likeness (QED) is 0.797. The molecule has 0 amide bonds. The lowest BCUT2D eigenvalue weighted by Gasteiger charge is -2.24. The van der Waals surface area contributed by atoms with E-state index in [0.717, 1.165) is 18.7 Å². The maximum absolute atomic E-state index is 4.28. The number of aromatic nitrogens is 2. The Morgan fingerprint density at radius 3 is 1.88 bits per heavy atom. The molecule has 1 heterocycles. The van der Waals surface area contributed by atoms with E-state index in [1.54, 1.807) is 0 Å². The summed E-state index contributed by atoms with van der Waals surface area (Å²) < 4.78 is 0.